The predicted molar refractivity (Wildman–Crippen MR) is 285 cm³/mol. The zero-order valence-corrected chi connectivity index (χ0v) is 40.0. The third kappa shape index (κ3) is 5.38. The standard InChI is InChI=1S/C60H46N6O4/c1-27(2)31-15-13-16-32(28(3)4)55(31)65-57(67)37-23-35-47-49-43(63-53(35)41-19-9-11-21-61-41)25-39-46-40(60(70)66(59(39)69)56-33(29(5)6)17-14-18-34(56)30(7)8)26-44-50(52(46)49)48-36(24-38(58(65)68)45(37)51(47)48)54(64-44)42-20-10-12-22-62-42/h9-30H,1-8H3. The lowest BCUT2D eigenvalue weighted by Gasteiger charge is -2.26. The highest BCUT2D eigenvalue weighted by Crippen LogP contribution is 2.53. The molecule has 0 aliphatic heterocycles. The molecular formula is C60H46N6O4. The Hall–Kier alpha value is -8.24. The molecule has 0 spiro atoms. The number of hydrogen-bond donors (Lipinski definition) is 0. The summed E-state index contributed by atoms with van der Waals surface area (Å²) in [5.41, 5.74) is 6.32. The van der Waals surface area contributed by atoms with Crippen molar-refractivity contribution >= 4 is 86.4 Å². The third-order valence-corrected chi connectivity index (χ3v) is 14.9. The quantitative estimate of drug-likeness (QED) is 0.109. The molecule has 7 aromatic carbocycles. The van der Waals surface area contributed by atoms with Gasteiger partial charge in [0, 0.05) is 77.0 Å². The van der Waals surface area contributed by atoms with Crippen LogP contribution in [0.5, 0.6) is 0 Å². The van der Waals surface area contributed by atoms with E-state index in [1.54, 1.807) is 12.4 Å². The van der Waals surface area contributed by atoms with Crippen molar-refractivity contribution in [2.75, 3.05) is 0 Å². The maximum Gasteiger partial charge on any atom is 0.266 e. The Morgan fingerprint density at radius 2 is 0.700 bits per heavy atom. The first kappa shape index (κ1) is 41.9. The molecular weight excluding hydrogens is 869 g/mol. The second-order valence-corrected chi connectivity index (χ2v) is 20.3. The molecule has 0 radical (unpaired) electrons. The van der Waals surface area contributed by atoms with E-state index in [-0.39, 0.29) is 23.7 Å². The van der Waals surface area contributed by atoms with E-state index in [9.17, 15) is 0 Å². The molecule has 70 heavy (non-hydrogen) atoms. The van der Waals surface area contributed by atoms with Gasteiger partial charge >= 0.3 is 0 Å². The molecule has 10 heteroatoms. The van der Waals surface area contributed by atoms with Gasteiger partial charge in [-0.1, -0.05) is 104 Å². The average molecular weight is 915 g/mol. The first-order chi connectivity index (χ1) is 33.8. The maximum atomic E-state index is 15.7. The minimum atomic E-state index is -0.431. The van der Waals surface area contributed by atoms with Crippen LogP contribution in [0.1, 0.15) is 101 Å². The number of nitrogens with zero attached hydrogens (tertiary/aromatic N) is 6. The molecule has 0 atom stereocenters. The van der Waals surface area contributed by atoms with E-state index >= 15 is 19.2 Å². The topological polar surface area (TPSA) is 130 Å². The molecule has 340 valence electrons. The Labute approximate surface area is 400 Å². The van der Waals surface area contributed by atoms with Crippen LogP contribution in [0.4, 0.5) is 0 Å². The van der Waals surface area contributed by atoms with Gasteiger partial charge in [-0.15, -0.1) is 0 Å². The van der Waals surface area contributed by atoms with E-state index in [1.807, 2.05) is 97.1 Å². The Balaban J connectivity index is 1.33. The second-order valence-electron chi connectivity index (χ2n) is 20.3. The number of hydrogen-bond acceptors (Lipinski definition) is 8. The van der Waals surface area contributed by atoms with E-state index in [0.29, 0.717) is 93.7 Å². The zero-order valence-electron chi connectivity index (χ0n) is 40.0. The van der Waals surface area contributed by atoms with Gasteiger partial charge in [-0.25, -0.2) is 19.1 Å². The molecule has 0 unspecified atom stereocenters. The van der Waals surface area contributed by atoms with Crippen LogP contribution in [0, 0.1) is 0 Å². The average Bonchev–Trinajstić information content (AvgIpc) is 3.36. The summed E-state index contributed by atoms with van der Waals surface area (Å²) in [5, 5.41) is 8.23. The Kier molecular flexibility index (Phi) is 8.76. The Morgan fingerprint density at radius 3 is 1.03 bits per heavy atom. The summed E-state index contributed by atoms with van der Waals surface area (Å²) in [6.45, 7) is 16.6. The van der Waals surface area contributed by atoms with Gasteiger partial charge in [-0.05, 0) is 94.5 Å². The summed E-state index contributed by atoms with van der Waals surface area (Å²) in [6, 6.07) is 30.8. The summed E-state index contributed by atoms with van der Waals surface area (Å²) in [5.74, 6) is 0.0196. The van der Waals surface area contributed by atoms with E-state index in [2.05, 4.69) is 55.4 Å². The maximum absolute atomic E-state index is 15.7. The number of benzene rings is 7. The lowest BCUT2D eigenvalue weighted by molar-refractivity contribution is 0.792. The largest absolute Gasteiger partial charge is 0.268 e. The predicted octanol–water partition coefficient (Wildman–Crippen LogP) is 12.5. The van der Waals surface area contributed by atoms with Gasteiger partial charge < -0.3 is 0 Å². The highest BCUT2D eigenvalue weighted by Gasteiger charge is 2.33. The minimum absolute atomic E-state index is 0.00247. The molecule has 13 aromatic rings. The van der Waals surface area contributed by atoms with Gasteiger partial charge in [0.15, 0.2) is 0 Å². The van der Waals surface area contributed by atoms with Gasteiger partial charge in [0.25, 0.3) is 22.2 Å². The molecule has 0 amide bonds. The van der Waals surface area contributed by atoms with Crippen LogP contribution in [-0.2, 0) is 0 Å². The molecule has 0 saturated heterocycles. The fraction of sp³-hybridized carbons (Fsp3) is 0.200. The number of rotatable bonds is 8. The highest BCUT2D eigenvalue weighted by atomic mass is 16.2. The number of pyridine rings is 6. The highest BCUT2D eigenvalue weighted by molar-refractivity contribution is 6.50. The van der Waals surface area contributed by atoms with Crippen LogP contribution in [0.15, 0.2) is 129 Å². The van der Waals surface area contributed by atoms with Crippen molar-refractivity contribution in [2.24, 2.45) is 0 Å². The second kappa shape index (κ2) is 14.6. The van der Waals surface area contributed by atoms with Crippen molar-refractivity contribution in [3.63, 3.8) is 0 Å². The van der Waals surface area contributed by atoms with Gasteiger partial charge in [0.1, 0.15) is 0 Å². The molecule has 0 aliphatic rings. The zero-order chi connectivity index (χ0) is 48.3. The van der Waals surface area contributed by atoms with Gasteiger partial charge in [-0.3, -0.25) is 29.1 Å². The van der Waals surface area contributed by atoms with E-state index < -0.39 is 22.2 Å². The summed E-state index contributed by atoms with van der Waals surface area (Å²) >= 11 is 0. The minimum Gasteiger partial charge on any atom is -0.268 e. The smallest absolute Gasteiger partial charge is 0.266 e. The Morgan fingerprint density at radius 1 is 0.357 bits per heavy atom. The van der Waals surface area contributed by atoms with Crippen molar-refractivity contribution in [3.8, 4) is 34.2 Å². The molecule has 0 aliphatic carbocycles. The lowest BCUT2D eigenvalue weighted by atomic mass is 9.81. The van der Waals surface area contributed by atoms with Crippen LogP contribution in [0.3, 0.4) is 0 Å². The van der Waals surface area contributed by atoms with Crippen LogP contribution in [0.25, 0.3) is 121 Å². The van der Waals surface area contributed by atoms with Crippen LogP contribution in [0.2, 0.25) is 0 Å². The molecule has 6 heterocycles. The molecule has 13 rings (SSSR count). The summed E-state index contributed by atoms with van der Waals surface area (Å²) in [6.07, 6.45) is 3.43. The molecule has 0 fully saturated rings. The number of para-hydroxylation sites is 2. The monoisotopic (exact) mass is 914 g/mol. The van der Waals surface area contributed by atoms with Crippen LogP contribution < -0.4 is 22.2 Å². The first-order valence-electron chi connectivity index (χ1n) is 24.2. The molecule has 6 aromatic heterocycles. The van der Waals surface area contributed by atoms with Gasteiger partial charge in [0.2, 0.25) is 0 Å². The van der Waals surface area contributed by atoms with Crippen molar-refractivity contribution < 1.29 is 0 Å². The van der Waals surface area contributed by atoms with Gasteiger partial charge in [-0.2, -0.15) is 0 Å². The summed E-state index contributed by atoms with van der Waals surface area (Å²) < 4.78 is 2.78. The summed E-state index contributed by atoms with van der Waals surface area (Å²) in [4.78, 5) is 83.2. The fourth-order valence-electron chi connectivity index (χ4n) is 11.9. The Bertz CT molecular complexity index is 4290. The van der Waals surface area contributed by atoms with Crippen molar-refractivity contribution in [2.45, 2.75) is 79.1 Å². The number of aromatic nitrogens is 6. The third-order valence-electron chi connectivity index (χ3n) is 14.9. The SMILES string of the molecule is CC(C)c1cccc(C(C)C)c1-n1c(=O)c2cc3nc(-c4ccccn4)c4cc5c(=O)n(-c6c(C(C)C)cccc6C(C)C)c(=O)c6cc7c(-c8ccccn8)nc8cc(c1=O)c2c1c3c4c(c56)c7c81. The van der Waals surface area contributed by atoms with Crippen molar-refractivity contribution in [1.82, 2.24) is 29.1 Å². The van der Waals surface area contributed by atoms with Crippen molar-refractivity contribution in [1.29, 1.82) is 0 Å². The lowest BCUT2D eigenvalue weighted by Crippen LogP contribution is -2.34. The molecule has 10 nitrogen and oxygen atoms in total. The van der Waals surface area contributed by atoms with Crippen LogP contribution in [-0.4, -0.2) is 29.1 Å². The van der Waals surface area contributed by atoms with Crippen LogP contribution >= 0.6 is 0 Å². The fourth-order valence-corrected chi connectivity index (χ4v) is 11.9. The molecule has 0 N–H and O–H groups in total. The van der Waals surface area contributed by atoms with E-state index in [0.717, 1.165) is 49.2 Å². The molecule has 0 saturated carbocycles. The van der Waals surface area contributed by atoms with E-state index in [1.165, 1.54) is 9.13 Å². The molecule has 0 bridgehead atoms. The van der Waals surface area contributed by atoms with Gasteiger partial charge in [0.05, 0.1) is 56.0 Å². The van der Waals surface area contributed by atoms with Crippen molar-refractivity contribution in [3.05, 3.63) is 173 Å². The van der Waals surface area contributed by atoms with E-state index in [4.69, 9.17) is 19.9 Å². The normalized spacial score (nSPS) is 12.7. The summed E-state index contributed by atoms with van der Waals surface area (Å²) in [7, 11) is 0. The first-order valence-corrected chi connectivity index (χ1v) is 24.2.